The van der Waals surface area contributed by atoms with Gasteiger partial charge in [0.25, 0.3) is 0 Å². The second-order valence-corrected chi connectivity index (χ2v) is 5.71. The van der Waals surface area contributed by atoms with Crippen LogP contribution in [-0.4, -0.2) is 29.6 Å². The maximum absolute atomic E-state index is 9.42. The highest BCUT2D eigenvalue weighted by Gasteiger charge is 2.21. The van der Waals surface area contributed by atoms with E-state index in [1.54, 1.807) is 0 Å². The van der Waals surface area contributed by atoms with Crippen LogP contribution in [0.4, 0.5) is 0 Å². The lowest BCUT2D eigenvalue weighted by atomic mass is 9.94. The number of rotatable bonds is 5. The zero-order valence-electron chi connectivity index (χ0n) is 11.9. The van der Waals surface area contributed by atoms with E-state index in [2.05, 4.69) is 48.7 Å². The molecule has 1 saturated heterocycles. The first-order chi connectivity index (χ1) is 9.16. The van der Waals surface area contributed by atoms with Crippen molar-refractivity contribution in [1.29, 1.82) is 0 Å². The van der Waals surface area contributed by atoms with Crippen molar-refractivity contribution in [2.45, 2.75) is 32.1 Å². The fourth-order valence-electron chi connectivity index (χ4n) is 2.81. The minimum atomic E-state index is 0.322. The fourth-order valence-corrected chi connectivity index (χ4v) is 2.81. The molecule has 2 rings (SSSR count). The molecule has 1 atom stereocenters. The quantitative estimate of drug-likeness (QED) is 0.809. The lowest BCUT2D eigenvalue weighted by Gasteiger charge is -2.32. The zero-order chi connectivity index (χ0) is 13.7. The smallest absolute Gasteiger partial charge is 0.0882 e. The summed E-state index contributed by atoms with van der Waals surface area (Å²) in [6.45, 7) is 9.29. The van der Waals surface area contributed by atoms with Crippen molar-refractivity contribution >= 4 is 0 Å². The first kappa shape index (κ1) is 14.1. The first-order valence-corrected chi connectivity index (χ1v) is 7.32. The fraction of sp³-hybridized carbons (Fsp3) is 0.529. The lowest BCUT2D eigenvalue weighted by molar-refractivity contribution is 0.169. The minimum absolute atomic E-state index is 0.322. The third-order valence-electron chi connectivity index (χ3n) is 4.31. The summed E-state index contributed by atoms with van der Waals surface area (Å²) in [6, 6.07) is 10.7. The molecule has 104 valence electrons. The van der Waals surface area contributed by atoms with Gasteiger partial charge in [0, 0.05) is 5.92 Å². The van der Waals surface area contributed by atoms with E-state index in [1.165, 1.54) is 12.0 Å². The Kier molecular flexibility index (Phi) is 5.03. The van der Waals surface area contributed by atoms with E-state index in [-0.39, 0.29) is 0 Å². The van der Waals surface area contributed by atoms with Gasteiger partial charge in [-0.2, -0.15) is 0 Å². The van der Waals surface area contributed by atoms with Crippen LogP contribution >= 0.6 is 0 Å². The molecule has 0 amide bonds. The van der Waals surface area contributed by atoms with Crippen LogP contribution in [-0.2, 0) is 0 Å². The average Bonchev–Trinajstić information content (AvgIpc) is 2.46. The van der Waals surface area contributed by atoms with E-state index in [0.717, 1.165) is 32.5 Å². The number of benzene rings is 1. The van der Waals surface area contributed by atoms with E-state index in [1.807, 2.05) is 0 Å². The van der Waals surface area contributed by atoms with Crippen molar-refractivity contribution < 1.29 is 5.11 Å². The molecule has 0 bridgehead atoms. The molecule has 0 aromatic heterocycles. The molecule has 19 heavy (non-hydrogen) atoms. The number of hydrogen-bond donors (Lipinski definition) is 1. The Bertz CT molecular complexity index is 393. The van der Waals surface area contributed by atoms with Gasteiger partial charge in [0.05, 0.1) is 5.76 Å². The van der Waals surface area contributed by atoms with E-state index >= 15 is 0 Å². The Morgan fingerprint density at radius 1 is 1.32 bits per heavy atom. The molecule has 2 heteroatoms. The van der Waals surface area contributed by atoms with Gasteiger partial charge in [-0.3, -0.25) is 0 Å². The van der Waals surface area contributed by atoms with Crippen molar-refractivity contribution in [2.24, 2.45) is 5.92 Å². The SMILES string of the molecule is C=C(O)C1CCN(CCC(C)c2ccccc2)CC1. The molecular weight excluding hydrogens is 234 g/mol. The van der Waals surface area contributed by atoms with Gasteiger partial charge in [-0.25, -0.2) is 0 Å². The Morgan fingerprint density at radius 3 is 2.53 bits per heavy atom. The van der Waals surface area contributed by atoms with Gasteiger partial charge >= 0.3 is 0 Å². The summed E-state index contributed by atoms with van der Waals surface area (Å²) < 4.78 is 0. The van der Waals surface area contributed by atoms with Crippen LogP contribution in [0, 0.1) is 5.92 Å². The Balaban J connectivity index is 1.73. The van der Waals surface area contributed by atoms with Gasteiger partial charge in [0.15, 0.2) is 0 Å². The highest BCUT2D eigenvalue weighted by atomic mass is 16.3. The highest BCUT2D eigenvalue weighted by molar-refractivity contribution is 5.18. The molecule has 1 heterocycles. The van der Waals surface area contributed by atoms with Gasteiger partial charge in [0.2, 0.25) is 0 Å². The second kappa shape index (κ2) is 6.76. The summed E-state index contributed by atoms with van der Waals surface area (Å²) in [4.78, 5) is 2.51. The van der Waals surface area contributed by atoms with Crippen LogP contribution in [0.5, 0.6) is 0 Å². The normalized spacial score (nSPS) is 19.2. The van der Waals surface area contributed by atoms with Crippen LogP contribution < -0.4 is 0 Å². The van der Waals surface area contributed by atoms with Crippen molar-refractivity contribution in [3.8, 4) is 0 Å². The zero-order valence-corrected chi connectivity index (χ0v) is 11.9. The summed E-state index contributed by atoms with van der Waals surface area (Å²) in [5.41, 5.74) is 1.43. The Hall–Kier alpha value is -1.28. The number of allylic oxidation sites excluding steroid dienone is 1. The van der Waals surface area contributed by atoms with Crippen molar-refractivity contribution in [1.82, 2.24) is 4.90 Å². The second-order valence-electron chi connectivity index (χ2n) is 5.71. The molecule has 0 aliphatic carbocycles. The Labute approximate surface area is 116 Å². The van der Waals surface area contributed by atoms with Crippen LogP contribution in [0.2, 0.25) is 0 Å². The summed E-state index contributed by atoms with van der Waals surface area (Å²) in [6.07, 6.45) is 3.30. The van der Waals surface area contributed by atoms with Gasteiger partial charge in [-0.05, 0) is 50.4 Å². The molecule has 0 spiro atoms. The standard InChI is InChI=1S/C17H25NO/c1-14(16-6-4-3-5-7-16)8-11-18-12-9-17(10-13-18)15(2)19/h3-7,14,17,19H,2,8-13H2,1H3. The van der Waals surface area contributed by atoms with E-state index in [0.29, 0.717) is 17.6 Å². The summed E-state index contributed by atoms with van der Waals surface area (Å²) in [5, 5.41) is 9.42. The molecule has 1 N–H and O–H groups in total. The van der Waals surface area contributed by atoms with Crippen LogP contribution in [0.1, 0.15) is 37.7 Å². The van der Waals surface area contributed by atoms with E-state index in [9.17, 15) is 5.11 Å². The van der Waals surface area contributed by atoms with Gasteiger partial charge < -0.3 is 10.0 Å². The molecule has 1 aliphatic heterocycles. The van der Waals surface area contributed by atoms with Crippen LogP contribution in [0.3, 0.4) is 0 Å². The van der Waals surface area contributed by atoms with Crippen molar-refractivity contribution in [3.63, 3.8) is 0 Å². The van der Waals surface area contributed by atoms with Crippen LogP contribution in [0.15, 0.2) is 42.7 Å². The molecule has 1 aliphatic rings. The number of hydrogen-bond acceptors (Lipinski definition) is 2. The minimum Gasteiger partial charge on any atom is -0.513 e. The highest BCUT2D eigenvalue weighted by Crippen LogP contribution is 2.24. The maximum Gasteiger partial charge on any atom is 0.0882 e. The number of likely N-dealkylation sites (tertiary alicyclic amines) is 1. The molecule has 1 unspecified atom stereocenters. The summed E-state index contributed by atoms with van der Waals surface area (Å²) in [7, 11) is 0. The topological polar surface area (TPSA) is 23.5 Å². The average molecular weight is 259 g/mol. The monoisotopic (exact) mass is 259 g/mol. The molecule has 1 fully saturated rings. The third kappa shape index (κ3) is 4.10. The van der Waals surface area contributed by atoms with Crippen molar-refractivity contribution in [3.05, 3.63) is 48.2 Å². The summed E-state index contributed by atoms with van der Waals surface area (Å²) in [5.74, 6) is 1.31. The van der Waals surface area contributed by atoms with E-state index < -0.39 is 0 Å². The molecular formula is C17H25NO. The molecule has 1 aromatic rings. The van der Waals surface area contributed by atoms with Crippen LogP contribution in [0.25, 0.3) is 0 Å². The molecule has 1 aromatic carbocycles. The van der Waals surface area contributed by atoms with Gasteiger partial charge in [0.1, 0.15) is 0 Å². The van der Waals surface area contributed by atoms with E-state index in [4.69, 9.17) is 0 Å². The molecule has 0 saturated carbocycles. The van der Waals surface area contributed by atoms with Crippen molar-refractivity contribution in [2.75, 3.05) is 19.6 Å². The largest absolute Gasteiger partial charge is 0.513 e. The number of piperidine rings is 1. The first-order valence-electron chi connectivity index (χ1n) is 7.32. The number of aliphatic hydroxyl groups excluding tert-OH is 1. The lowest BCUT2D eigenvalue weighted by Crippen LogP contribution is -2.35. The Morgan fingerprint density at radius 2 is 1.95 bits per heavy atom. The predicted octanol–water partition coefficient (Wildman–Crippen LogP) is 3.96. The van der Waals surface area contributed by atoms with Gasteiger partial charge in [-0.15, -0.1) is 0 Å². The molecule has 2 nitrogen and oxygen atoms in total. The predicted molar refractivity (Wildman–Crippen MR) is 80.4 cm³/mol. The summed E-state index contributed by atoms with van der Waals surface area (Å²) >= 11 is 0. The number of nitrogens with zero attached hydrogens (tertiary/aromatic N) is 1. The maximum atomic E-state index is 9.42. The molecule has 0 radical (unpaired) electrons. The number of aliphatic hydroxyl groups is 1. The third-order valence-corrected chi connectivity index (χ3v) is 4.31. The van der Waals surface area contributed by atoms with Gasteiger partial charge in [-0.1, -0.05) is 43.8 Å².